The molecule has 1 aliphatic rings. The first-order valence-electron chi connectivity index (χ1n) is 10.3. The van der Waals surface area contributed by atoms with Gasteiger partial charge in [-0.2, -0.15) is 0 Å². The molecule has 0 saturated carbocycles. The van der Waals surface area contributed by atoms with Gasteiger partial charge in [-0.25, -0.2) is 0 Å². The topological polar surface area (TPSA) is 94.6 Å². The van der Waals surface area contributed by atoms with Crippen molar-refractivity contribution >= 4 is 5.91 Å². The summed E-state index contributed by atoms with van der Waals surface area (Å²) in [5, 5.41) is 11.6. The summed E-state index contributed by atoms with van der Waals surface area (Å²) < 4.78 is 18.0. The number of benzene rings is 1. The van der Waals surface area contributed by atoms with Crippen molar-refractivity contribution in [3.63, 3.8) is 0 Å². The van der Waals surface area contributed by atoms with Crippen molar-refractivity contribution < 1.29 is 18.7 Å². The standard InChI is InChI=1S/C22H27N5O4/c1-29-17-6-5-16(14-19(17)30-2)15-26-10-8-21-25-24-20(27(21)12-11-26)7-9-23-22(28)18-4-3-13-31-18/h3-6,13-14H,7-12,15H2,1-2H3,(H,23,28). The first-order chi connectivity index (χ1) is 15.2. The van der Waals surface area contributed by atoms with Crippen molar-refractivity contribution in [2.75, 3.05) is 33.9 Å². The molecule has 0 bridgehead atoms. The molecule has 0 saturated heterocycles. The van der Waals surface area contributed by atoms with Crippen LogP contribution in [0.15, 0.2) is 41.0 Å². The number of rotatable bonds is 8. The van der Waals surface area contributed by atoms with Crippen molar-refractivity contribution in [2.24, 2.45) is 0 Å². The monoisotopic (exact) mass is 425 g/mol. The van der Waals surface area contributed by atoms with Gasteiger partial charge >= 0.3 is 0 Å². The lowest BCUT2D eigenvalue weighted by atomic mass is 10.2. The Morgan fingerprint density at radius 2 is 2.00 bits per heavy atom. The minimum absolute atomic E-state index is 0.221. The van der Waals surface area contributed by atoms with E-state index in [1.165, 1.54) is 11.8 Å². The number of methoxy groups -OCH3 is 2. The molecule has 0 atom stereocenters. The van der Waals surface area contributed by atoms with E-state index in [4.69, 9.17) is 13.9 Å². The van der Waals surface area contributed by atoms with Gasteiger partial charge in [0, 0.05) is 45.6 Å². The highest BCUT2D eigenvalue weighted by molar-refractivity contribution is 5.91. The fraction of sp³-hybridized carbons (Fsp3) is 0.409. The maximum atomic E-state index is 12.0. The Bertz CT molecular complexity index is 1020. The summed E-state index contributed by atoms with van der Waals surface area (Å²) >= 11 is 0. The van der Waals surface area contributed by atoms with Gasteiger partial charge in [0.25, 0.3) is 5.91 Å². The lowest BCUT2D eigenvalue weighted by Gasteiger charge is -2.20. The van der Waals surface area contributed by atoms with E-state index < -0.39 is 0 Å². The van der Waals surface area contributed by atoms with Gasteiger partial charge in [-0.15, -0.1) is 10.2 Å². The predicted octanol–water partition coefficient (Wildman–Crippen LogP) is 1.92. The van der Waals surface area contributed by atoms with E-state index in [-0.39, 0.29) is 5.91 Å². The lowest BCUT2D eigenvalue weighted by molar-refractivity contribution is 0.0926. The molecule has 0 fully saturated rings. The minimum Gasteiger partial charge on any atom is -0.493 e. The predicted molar refractivity (Wildman–Crippen MR) is 113 cm³/mol. The number of hydrogen-bond donors (Lipinski definition) is 1. The van der Waals surface area contributed by atoms with Crippen LogP contribution in [0.1, 0.15) is 27.8 Å². The number of ether oxygens (including phenoxy) is 2. The first kappa shape index (κ1) is 20.9. The maximum Gasteiger partial charge on any atom is 0.286 e. The molecule has 31 heavy (non-hydrogen) atoms. The van der Waals surface area contributed by atoms with Crippen molar-refractivity contribution in [2.45, 2.75) is 25.9 Å². The van der Waals surface area contributed by atoms with Gasteiger partial charge in [-0.05, 0) is 29.8 Å². The molecule has 9 nitrogen and oxygen atoms in total. The van der Waals surface area contributed by atoms with Crippen molar-refractivity contribution in [3.8, 4) is 11.5 Å². The normalized spacial score (nSPS) is 14.0. The molecular weight excluding hydrogens is 398 g/mol. The summed E-state index contributed by atoms with van der Waals surface area (Å²) in [5.41, 5.74) is 1.18. The lowest BCUT2D eigenvalue weighted by Crippen LogP contribution is -2.28. The molecule has 9 heteroatoms. The summed E-state index contributed by atoms with van der Waals surface area (Å²) in [5.74, 6) is 3.44. The molecule has 2 aromatic heterocycles. The van der Waals surface area contributed by atoms with Crippen LogP contribution in [-0.4, -0.2) is 59.4 Å². The molecule has 1 amide bonds. The summed E-state index contributed by atoms with van der Waals surface area (Å²) in [6.07, 6.45) is 2.94. The first-order valence-corrected chi connectivity index (χ1v) is 10.3. The van der Waals surface area contributed by atoms with Crippen LogP contribution in [0.3, 0.4) is 0 Å². The van der Waals surface area contributed by atoms with E-state index >= 15 is 0 Å². The Morgan fingerprint density at radius 3 is 2.77 bits per heavy atom. The number of carbonyl (C=O) groups excluding carboxylic acids is 1. The van der Waals surface area contributed by atoms with E-state index in [1.54, 1.807) is 26.4 Å². The maximum absolute atomic E-state index is 12.0. The van der Waals surface area contributed by atoms with Gasteiger partial charge in [-0.1, -0.05) is 6.07 Å². The molecule has 0 radical (unpaired) electrons. The van der Waals surface area contributed by atoms with Crippen LogP contribution >= 0.6 is 0 Å². The molecule has 1 aromatic carbocycles. The van der Waals surface area contributed by atoms with Crippen LogP contribution in [-0.2, 0) is 25.9 Å². The molecular formula is C22H27N5O4. The minimum atomic E-state index is -0.221. The van der Waals surface area contributed by atoms with Crippen molar-refractivity contribution in [1.29, 1.82) is 0 Å². The van der Waals surface area contributed by atoms with Gasteiger partial charge in [-0.3, -0.25) is 9.69 Å². The summed E-state index contributed by atoms with van der Waals surface area (Å²) in [7, 11) is 3.29. The quantitative estimate of drug-likeness (QED) is 0.589. The third kappa shape index (κ3) is 4.88. The van der Waals surface area contributed by atoms with Crippen LogP contribution in [0.4, 0.5) is 0 Å². The van der Waals surface area contributed by atoms with Gasteiger partial charge in [0.05, 0.1) is 20.5 Å². The highest BCUT2D eigenvalue weighted by atomic mass is 16.5. The van der Waals surface area contributed by atoms with Crippen LogP contribution in [0.25, 0.3) is 0 Å². The number of hydrogen-bond acceptors (Lipinski definition) is 7. The smallest absolute Gasteiger partial charge is 0.286 e. The Balaban J connectivity index is 1.33. The van der Waals surface area contributed by atoms with E-state index in [2.05, 4.69) is 31.0 Å². The molecule has 0 spiro atoms. The zero-order valence-electron chi connectivity index (χ0n) is 17.8. The number of amides is 1. The second-order valence-electron chi connectivity index (χ2n) is 7.38. The van der Waals surface area contributed by atoms with Crippen LogP contribution in [0, 0.1) is 0 Å². The molecule has 0 unspecified atom stereocenters. The Kier molecular flexibility index (Phi) is 6.51. The summed E-state index contributed by atoms with van der Waals surface area (Å²) in [6.45, 7) is 3.92. The fourth-order valence-corrected chi connectivity index (χ4v) is 3.79. The Labute approximate surface area is 181 Å². The van der Waals surface area contributed by atoms with E-state index in [1.807, 2.05) is 12.1 Å². The van der Waals surface area contributed by atoms with Crippen LogP contribution in [0.5, 0.6) is 11.5 Å². The highest BCUT2D eigenvalue weighted by Crippen LogP contribution is 2.28. The third-order valence-corrected chi connectivity index (χ3v) is 5.43. The molecule has 164 valence electrons. The molecule has 3 aromatic rings. The molecule has 4 rings (SSSR count). The van der Waals surface area contributed by atoms with Crippen molar-refractivity contribution in [1.82, 2.24) is 25.0 Å². The van der Waals surface area contributed by atoms with Gasteiger partial charge < -0.3 is 23.8 Å². The second-order valence-corrected chi connectivity index (χ2v) is 7.38. The SMILES string of the molecule is COc1ccc(CN2CCc3nnc(CCNC(=O)c4ccco4)n3CC2)cc1OC. The number of carbonyl (C=O) groups is 1. The zero-order chi connectivity index (χ0) is 21.6. The second kappa shape index (κ2) is 9.65. The zero-order valence-corrected chi connectivity index (χ0v) is 17.8. The molecule has 1 aliphatic heterocycles. The summed E-state index contributed by atoms with van der Waals surface area (Å²) in [4.78, 5) is 14.4. The average Bonchev–Trinajstić information content (AvgIpc) is 3.42. The van der Waals surface area contributed by atoms with Gasteiger partial charge in [0.1, 0.15) is 11.6 Å². The van der Waals surface area contributed by atoms with E-state index in [0.29, 0.717) is 18.7 Å². The van der Waals surface area contributed by atoms with Crippen molar-refractivity contribution in [3.05, 3.63) is 59.6 Å². The van der Waals surface area contributed by atoms with E-state index in [0.717, 1.165) is 55.7 Å². The van der Waals surface area contributed by atoms with Gasteiger partial charge in [0.2, 0.25) is 0 Å². The molecule has 1 N–H and O–H groups in total. The number of nitrogens with zero attached hydrogens (tertiary/aromatic N) is 4. The third-order valence-electron chi connectivity index (χ3n) is 5.43. The Morgan fingerprint density at radius 1 is 1.13 bits per heavy atom. The average molecular weight is 425 g/mol. The van der Waals surface area contributed by atoms with Crippen LogP contribution < -0.4 is 14.8 Å². The number of nitrogens with one attached hydrogen (secondary N) is 1. The fourth-order valence-electron chi connectivity index (χ4n) is 3.79. The summed E-state index contributed by atoms with van der Waals surface area (Å²) in [6, 6.07) is 9.37. The largest absolute Gasteiger partial charge is 0.493 e. The van der Waals surface area contributed by atoms with E-state index in [9.17, 15) is 4.79 Å². The molecule has 3 heterocycles. The number of fused-ring (bicyclic) bond motifs is 1. The molecule has 0 aliphatic carbocycles. The Hall–Kier alpha value is -3.33. The van der Waals surface area contributed by atoms with Gasteiger partial charge in [0.15, 0.2) is 17.3 Å². The number of furan rings is 1. The van der Waals surface area contributed by atoms with Crippen LogP contribution in [0.2, 0.25) is 0 Å². The number of aromatic nitrogens is 3. The highest BCUT2D eigenvalue weighted by Gasteiger charge is 2.19.